The summed E-state index contributed by atoms with van der Waals surface area (Å²) < 4.78 is 33.7. The lowest BCUT2D eigenvalue weighted by molar-refractivity contribution is -0.116. The van der Waals surface area contributed by atoms with E-state index in [1.54, 1.807) is 43.3 Å². The third-order valence-corrected chi connectivity index (χ3v) is 6.97. The molecule has 0 atom stereocenters. The van der Waals surface area contributed by atoms with Crippen molar-refractivity contribution in [3.63, 3.8) is 0 Å². The number of hydrogen-bond acceptors (Lipinski definition) is 4. The standard InChI is InChI=1S/C24H25ClN2O4S/c1-17-9-12-22(31-3)23(13-17)32(29,30)27(15-19-7-5-4-6-8-19)16-24(28)26-21-11-10-20(25)14-18(21)2/h4-14H,15-16H2,1-3H3,(H,26,28). The molecule has 8 heteroatoms. The molecule has 6 nitrogen and oxygen atoms in total. The Hall–Kier alpha value is -2.87. The first kappa shape index (κ1) is 23.8. The second kappa shape index (κ2) is 10.2. The Labute approximate surface area is 193 Å². The van der Waals surface area contributed by atoms with Gasteiger partial charge in [-0.05, 0) is 60.9 Å². The van der Waals surface area contributed by atoms with Crippen LogP contribution in [0.2, 0.25) is 5.02 Å². The van der Waals surface area contributed by atoms with Crippen LogP contribution in [0.25, 0.3) is 0 Å². The van der Waals surface area contributed by atoms with Crippen molar-refractivity contribution >= 4 is 33.2 Å². The SMILES string of the molecule is COc1ccc(C)cc1S(=O)(=O)N(CC(=O)Nc1ccc(Cl)cc1C)Cc1ccccc1. The summed E-state index contributed by atoms with van der Waals surface area (Å²) in [7, 11) is -2.62. The Balaban J connectivity index is 1.95. The quantitative estimate of drug-likeness (QED) is 0.511. The van der Waals surface area contributed by atoms with Crippen molar-refractivity contribution in [1.29, 1.82) is 0 Å². The van der Waals surface area contributed by atoms with Crippen LogP contribution in [0.1, 0.15) is 16.7 Å². The van der Waals surface area contributed by atoms with E-state index >= 15 is 0 Å². The zero-order valence-electron chi connectivity index (χ0n) is 18.1. The van der Waals surface area contributed by atoms with Gasteiger partial charge < -0.3 is 10.1 Å². The van der Waals surface area contributed by atoms with Crippen LogP contribution in [0, 0.1) is 13.8 Å². The van der Waals surface area contributed by atoms with Gasteiger partial charge in [-0.3, -0.25) is 4.79 Å². The van der Waals surface area contributed by atoms with Crippen molar-refractivity contribution in [2.75, 3.05) is 19.0 Å². The molecule has 0 bridgehead atoms. The second-order valence-corrected chi connectivity index (χ2v) is 9.76. The highest BCUT2D eigenvalue weighted by Gasteiger charge is 2.30. The van der Waals surface area contributed by atoms with E-state index in [1.807, 2.05) is 37.3 Å². The summed E-state index contributed by atoms with van der Waals surface area (Å²) in [6.07, 6.45) is 0. The van der Waals surface area contributed by atoms with Crippen molar-refractivity contribution in [1.82, 2.24) is 4.31 Å². The predicted molar refractivity (Wildman–Crippen MR) is 127 cm³/mol. The Kier molecular flexibility index (Phi) is 7.56. The van der Waals surface area contributed by atoms with E-state index in [-0.39, 0.29) is 23.7 Å². The highest BCUT2D eigenvalue weighted by Crippen LogP contribution is 2.29. The van der Waals surface area contributed by atoms with Crippen molar-refractivity contribution < 1.29 is 17.9 Å². The first-order valence-corrected chi connectivity index (χ1v) is 11.8. The summed E-state index contributed by atoms with van der Waals surface area (Å²) in [5, 5.41) is 3.34. The topological polar surface area (TPSA) is 75.7 Å². The lowest BCUT2D eigenvalue weighted by Crippen LogP contribution is -2.37. The molecule has 0 fully saturated rings. The fraction of sp³-hybridized carbons (Fsp3) is 0.208. The van der Waals surface area contributed by atoms with Gasteiger partial charge in [0.2, 0.25) is 15.9 Å². The molecule has 0 saturated carbocycles. The Morgan fingerprint density at radius 2 is 1.75 bits per heavy atom. The summed E-state index contributed by atoms with van der Waals surface area (Å²) in [4.78, 5) is 12.9. The fourth-order valence-corrected chi connectivity index (χ4v) is 5.11. The largest absolute Gasteiger partial charge is 0.495 e. The minimum absolute atomic E-state index is 0.0198. The number of carbonyl (C=O) groups excluding carboxylic acids is 1. The molecule has 3 rings (SSSR count). The summed E-state index contributed by atoms with van der Waals surface area (Å²) in [6, 6.07) is 19.1. The van der Waals surface area contributed by atoms with E-state index in [1.165, 1.54) is 7.11 Å². The summed E-state index contributed by atoms with van der Waals surface area (Å²) in [5.41, 5.74) is 2.89. The second-order valence-electron chi connectivity index (χ2n) is 7.42. The average Bonchev–Trinajstić information content (AvgIpc) is 2.76. The number of carbonyl (C=O) groups is 1. The van der Waals surface area contributed by atoms with Crippen LogP contribution in [0.3, 0.4) is 0 Å². The number of rotatable bonds is 8. The lowest BCUT2D eigenvalue weighted by Gasteiger charge is -2.23. The molecule has 3 aromatic rings. The summed E-state index contributed by atoms with van der Waals surface area (Å²) >= 11 is 5.98. The molecule has 0 aliphatic rings. The Morgan fingerprint density at radius 1 is 1.03 bits per heavy atom. The molecule has 0 saturated heterocycles. The van der Waals surface area contributed by atoms with E-state index in [0.29, 0.717) is 10.7 Å². The zero-order chi connectivity index (χ0) is 23.3. The molecule has 0 radical (unpaired) electrons. The number of hydrogen-bond donors (Lipinski definition) is 1. The van der Waals surface area contributed by atoms with Gasteiger partial charge >= 0.3 is 0 Å². The van der Waals surface area contributed by atoms with Gasteiger partial charge in [0, 0.05) is 17.3 Å². The Morgan fingerprint density at radius 3 is 2.41 bits per heavy atom. The number of sulfonamides is 1. The van der Waals surface area contributed by atoms with Gasteiger partial charge in [0.25, 0.3) is 0 Å². The zero-order valence-corrected chi connectivity index (χ0v) is 19.7. The van der Waals surface area contributed by atoms with Crippen LogP contribution in [0.5, 0.6) is 5.75 Å². The first-order chi connectivity index (χ1) is 15.2. The van der Waals surface area contributed by atoms with Crippen molar-refractivity contribution in [2.24, 2.45) is 0 Å². The molecule has 0 unspecified atom stereocenters. The highest BCUT2D eigenvalue weighted by atomic mass is 35.5. The molecule has 0 spiro atoms. The Bertz CT molecular complexity index is 1210. The van der Waals surface area contributed by atoms with Gasteiger partial charge in [0.15, 0.2) is 0 Å². The predicted octanol–water partition coefficient (Wildman–Crippen LogP) is 4.80. The maximum Gasteiger partial charge on any atom is 0.247 e. The van der Waals surface area contributed by atoms with Gasteiger partial charge in [0.1, 0.15) is 10.6 Å². The molecular weight excluding hydrogens is 448 g/mol. The van der Waals surface area contributed by atoms with E-state index in [9.17, 15) is 13.2 Å². The van der Waals surface area contributed by atoms with E-state index < -0.39 is 15.9 Å². The number of benzene rings is 3. The van der Waals surface area contributed by atoms with Crippen LogP contribution >= 0.6 is 11.6 Å². The van der Waals surface area contributed by atoms with Crippen LogP contribution in [0.4, 0.5) is 5.69 Å². The number of nitrogens with zero attached hydrogens (tertiary/aromatic N) is 1. The maximum absolute atomic E-state index is 13.6. The smallest absolute Gasteiger partial charge is 0.247 e. The molecule has 1 amide bonds. The summed E-state index contributed by atoms with van der Waals surface area (Å²) in [5.74, 6) is -0.232. The van der Waals surface area contributed by atoms with E-state index in [0.717, 1.165) is 21.0 Å². The van der Waals surface area contributed by atoms with Gasteiger partial charge in [-0.2, -0.15) is 4.31 Å². The van der Waals surface area contributed by atoms with E-state index in [2.05, 4.69) is 5.32 Å². The number of methoxy groups -OCH3 is 1. The molecular formula is C24H25ClN2O4S. The van der Waals surface area contributed by atoms with E-state index in [4.69, 9.17) is 16.3 Å². The number of nitrogens with one attached hydrogen (secondary N) is 1. The number of aryl methyl sites for hydroxylation is 2. The molecule has 168 valence electrons. The van der Waals surface area contributed by atoms with Crippen molar-refractivity contribution in [2.45, 2.75) is 25.3 Å². The van der Waals surface area contributed by atoms with Gasteiger partial charge in [-0.15, -0.1) is 0 Å². The van der Waals surface area contributed by atoms with Crippen LogP contribution in [-0.2, 0) is 21.4 Å². The minimum atomic E-state index is -4.04. The van der Waals surface area contributed by atoms with Crippen molar-refractivity contribution in [3.8, 4) is 5.75 Å². The number of anilines is 1. The third kappa shape index (κ3) is 5.68. The third-order valence-electron chi connectivity index (χ3n) is 4.92. The molecule has 0 aromatic heterocycles. The highest BCUT2D eigenvalue weighted by molar-refractivity contribution is 7.89. The van der Waals surface area contributed by atoms with Crippen molar-refractivity contribution in [3.05, 3.63) is 88.4 Å². The normalized spacial score (nSPS) is 11.4. The molecule has 1 N–H and O–H groups in total. The molecule has 3 aromatic carbocycles. The summed E-state index contributed by atoms with van der Waals surface area (Å²) in [6.45, 7) is 3.29. The molecule has 0 aliphatic carbocycles. The van der Waals surface area contributed by atoms with Crippen LogP contribution in [-0.4, -0.2) is 32.3 Å². The van der Waals surface area contributed by atoms with Crippen LogP contribution in [0.15, 0.2) is 71.6 Å². The van der Waals surface area contributed by atoms with Gasteiger partial charge in [0.05, 0.1) is 13.7 Å². The van der Waals surface area contributed by atoms with Crippen LogP contribution < -0.4 is 10.1 Å². The van der Waals surface area contributed by atoms with Gasteiger partial charge in [-0.1, -0.05) is 48.0 Å². The lowest BCUT2D eigenvalue weighted by atomic mass is 10.2. The minimum Gasteiger partial charge on any atom is -0.495 e. The van der Waals surface area contributed by atoms with Gasteiger partial charge in [-0.25, -0.2) is 8.42 Å². The maximum atomic E-state index is 13.6. The first-order valence-electron chi connectivity index (χ1n) is 9.95. The number of ether oxygens (including phenoxy) is 1. The fourth-order valence-electron chi connectivity index (χ4n) is 3.25. The molecule has 32 heavy (non-hydrogen) atoms. The number of amides is 1. The molecule has 0 heterocycles. The average molecular weight is 473 g/mol. The number of halogens is 1. The monoisotopic (exact) mass is 472 g/mol. The molecule has 0 aliphatic heterocycles.